The SMILES string of the molecule is CSC(C)Cn1c(N)cc(=O)[nH]c1=O. The van der Waals surface area contributed by atoms with Gasteiger partial charge in [-0.2, -0.15) is 11.8 Å². The third kappa shape index (κ3) is 2.41. The van der Waals surface area contributed by atoms with E-state index >= 15 is 0 Å². The fourth-order valence-corrected chi connectivity index (χ4v) is 1.36. The molecule has 0 aliphatic rings. The number of anilines is 1. The van der Waals surface area contributed by atoms with Crippen molar-refractivity contribution in [1.29, 1.82) is 0 Å². The Bertz CT molecular complexity index is 423. The van der Waals surface area contributed by atoms with Crippen molar-refractivity contribution in [1.82, 2.24) is 9.55 Å². The van der Waals surface area contributed by atoms with E-state index in [1.807, 2.05) is 13.2 Å². The lowest BCUT2D eigenvalue weighted by Gasteiger charge is -2.12. The first-order valence-corrected chi connectivity index (χ1v) is 5.46. The van der Waals surface area contributed by atoms with Crippen molar-refractivity contribution in [3.05, 3.63) is 26.9 Å². The highest BCUT2D eigenvalue weighted by Gasteiger charge is 2.06. The van der Waals surface area contributed by atoms with Gasteiger partial charge in [0.1, 0.15) is 5.82 Å². The number of aromatic nitrogens is 2. The van der Waals surface area contributed by atoms with Gasteiger partial charge in [-0.15, -0.1) is 0 Å². The van der Waals surface area contributed by atoms with Gasteiger partial charge in [0.2, 0.25) is 0 Å². The fourth-order valence-electron chi connectivity index (χ4n) is 1.06. The van der Waals surface area contributed by atoms with Gasteiger partial charge >= 0.3 is 5.69 Å². The van der Waals surface area contributed by atoms with E-state index in [4.69, 9.17) is 5.73 Å². The highest BCUT2D eigenvalue weighted by atomic mass is 32.2. The molecule has 1 aromatic rings. The molecule has 0 aliphatic heterocycles. The maximum absolute atomic E-state index is 11.3. The molecule has 0 aromatic carbocycles. The Morgan fingerprint density at radius 3 is 2.79 bits per heavy atom. The molecule has 5 nitrogen and oxygen atoms in total. The Labute approximate surface area is 85.3 Å². The average Bonchev–Trinajstić information content (AvgIpc) is 2.10. The largest absolute Gasteiger partial charge is 0.385 e. The number of hydrogen-bond acceptors (Lipinski definition) is 4. The third-order valence-electron chi connectivity index (χ3n) is 1.91. The van der Waals surface area contributed by atoms with Crippen LogP contribution in [0.4, 0.5) is 5.82 Å². The van der Waals surface area contributed by atoms with Crippen molar-refractivity contribution < 1.29 is 0 Å². The number of nitrogen functional groups attached to an aromatic ring is 1. The molecule has 0 saturated heterocycles. The minimum atomic E-state index is -0.458. The van der Waals surface area contributed by atoms with E-state index in [0.717, 1.165) is 0 Å². The lowest BCUT2D eigenvalue weighted by molar-refractivity contribution is 0.653. The van der Waals surface area contributed by atoms with Gasteiger partial charge in [-0.05, 0) is 6.26 Å². The number of aromatic amines is 1. The zero-order valence-corrected chi connectivity index (χ0v) is 8.93. The van der Waals surface area contributed by atoms with Gasteiger partial charge < -0.3 is 5.73 Å². The van der Waals surface area contributed by atoms with Crippen molar-refractivity contribution in [2.24, 2.45) is 0 Å². The molecule has 1 unspecified atom stereocenters. The molecule has 0 amide bonds. The summed E-state index contributed by atoms with van der Waals surface area (Å²) < 4.78 is 1.36. The number of nitrogens with one attached hydrogen (secondary N) is 1. The molecular formula is C8H13N3O2S. The lowest BCUT2D eigenvalue weighted by Crippen LogP contribution is -2.33. The van der Waals surface area contributed by atoms with E-state index in [2.05, 4.69) is 4.98 Å². The summed E-state index contributed by atoms with van der Waals surface area (Å²) in [5.74, 6) is 0.208. The summed E-state index contributed by atoms with van der Waals surface area (Å²) in [5.41, 5.74) is 4.65. The maximum atomic E-state index is 11.3. The summed E-state index contributed by atoms with van der Waals surface area (Å²) in [7, 11) is 0. The van der Waals surface area contributed by atoms with Crippen molar-refractivity contribution in [3.8, 4) is 0 Å². The van der Waals surface area contributed by atoms with Crippen molar-refractivity contribution in [2.75, 3.05) is 12.0 Å². The van der Waals surface area contributed by atoms with Crippen LogP contribution in [0.15, 0.2) is 15.7 Å². The third-order valence-corrected chi connectivity index (χ3v) is 2.86. The molecular weight excluding hydrogens is 202 g/mol. The van der Waals surface area contributed by atoms with Crippen molar-refractivity contribution in [3.63, 3.8) is 0 Å². The summed E-state index contributed by atoms with van der Waals surface area (Å²) in [6.07, 6.45) is 1.96. The normalized spacial score (nSPS) is 12.7. The number of hydrogen-bond donors (Lipinski definition) is 2. The summed E-state index contributed by atoms with van der Waals surface area (Å²) in [5, 5.41) is 0.279. The molecule has 78 valence electrons. The highest BCUT2D eigenvalue weighted by Crippen LogP contribution is 2.08. The number of H-pyrrole nitrogens is 1. The first kappa shape index (κ1) is 10.9. The van der Waals surface area contributed by atoms with Crippen LogP contribution in [0, 0.1) is 0 Å². The lowest BCUT2D eigenvalue weighted by atomic mass is 10.4. The van der Waals surface area contributed by atoms with E-state index in [1.165, 1.54) is 10.6 Å². The van der Waals surface area contributed by atoms with Crippen LogP contribution in [-0.2, 0) is 6.54 Å². The molecule has 14 heavy (non-hydrogen) atoms. The van der Waals surface area contributed by atoms with E-state index in [0.29, 0.717) is 6.54 Å². The van der Waals surface area contributed by atoms with Crippen LogP contribution in [0.25, 0.3) is 0 Å². The smallest absolute Gasteiger partial charge is 0.329 e. The van der Waals surface area contributed by atoms with Gasteiger partial charge in [-0.25, -0.2) is 4.79 Å². The molecule has 3 N–H and O–H groups in total. The van der Waals surface area contributed by atoms with Gasteiger partial charge in [0, 0.05) is 17.9 Å². The Kier molecular flexibility index (Phi) is 3.40. The predicted molar refractivity (Wildman–Crippen MR) is 58.7 cm³/mol. The predicted octanol–water partition coefficient (Wildman–Crippen LogP) is -0.130. The maximum Gasteiger partial charge on any atom is 0.329 e. The molecule has 0 bridgehead atoms. The van der Waals surface area contributed by atoms with Crippen molar-refractivity contribution in [2.45, 2.75) is 18.7 Å². The van der Waals surface area contributed by atoms with E-state index in [1.54, 1.807) is 11.8 Å². The Hall–Kier alpha value is -1.17. The van der Waals surface area contributed by atoms with Gasteiger partial charge in [0.15, 0.2) is 0 Å². The van der Waals surface area contributed by atoms with E-state index in [9.17, 15) is 9.59 Å². The minimum Gasteiger partial charge on any atom is -0.385 e. The molecule has 0 spiro atoms. The molecule has 1 aromatic heterocycles. The zero-order chi connectivity index (χ0) is 10.7. The quantitative estimate of drug-likeness (QED) is 0.736. The number of nitrogens with zero attached hydrogens (tertiary/aromatic N) is 1. The van der Waals surface area contributed by atoms with Crippen molar-refractivity contribution >= 4 is 17.6 Å². The molecule has 1 heterocycles. The molecule has 0 saturated carbocycles. The molecule has 0 radical (unpaired) electrons. The number of nitrogens with two attached hydrogens (primary N) is 1. The monoisotopic (exact) mass is 215 g/mol. The number of rotatable bonds is 3. The van der Waals surface area contributed by atoms with Gasteiger partial charge in [-0.1, -0.05) is 6.92 Å². The van der Waals surface area contributed by atoms with Crippen LogP contribution >= 0.6 is 11.8 Å². The van der Waals surface area contributed by atoms with Crippen LogP contribution in [0.2, 0.25) is 0 Å². The minimum absolute atomic E-state index is 0.208. The Morgan fingerprint density at radius 2 is 2.29 bits per heavy atom. The Morgan fingerprint density at radius 1 is 1.64 bits per heavy atom. The zero-order valence-electron chi connectivity index (χ0n) is 8.11. The van der Waals surface area contributed by atoms with Crippen LogP contribution in [0.1, 0.15) is 6.92 Å². The highest BCUT2D eigenvalue weighted by molar-refractivity contribution is 7.99. The topological polar surface area (TPSA) is 80.9 Å². The van der Waals surface area contributed by atoms with Gasteiger partial charge in [-0.3, -0.25) is 14.3 Å². The second-order valence-electron chi connectivity index (χ2n) is 3.02. The summed E-state index contributed by atoms with van der Waals surface area (Å²) in [6.45, 7) is 2.49. The standard InChI is InChI=1S/C8H13N3O2S/c1-5(14-2)4-11-6(9)3-7(12)10-8(11)13/h3,5H,4,9H2,1-2H3,(H,10,12,13). The number of thioether (sulfide) groups is 1. The second kappa shape index (κ2) is 4.36. The van der Waals surface area contributed by atoms with Crippen LogP contribution in [0.5, 0.6) is 0 Å². The van der Waals surface area contributed by atoms with E-state index < -0.39 is 11.2 Å². The van der Waals surface area contributed by atoms with E-state index in [-0.39, 0.29) is 11.1 Å². The van der Waals surface area contributed by atoms with Gasteiger partial charge in [0.25, 0.3) is 5.56 Å². The second-order valence-corrected chi connectivity index (χ2v) is 4.30. The summed E-state index contributed by atoms with van der Waals surface area (Å²) in [6, 6.07) is 1.22. The average molecular weight is 215 g/mol. The fraction of sp³-hybridized carbons (Fsp3) is 0.500. The molecule has 1 atom stereocenters. The molecule has 6 heteroatoms. The van der Waals surface area contributed by atoms with Gasteiger partial charge in [0.05, 0.1) is 0 Å². The molecule has 0 fully saturated rings. The van der Waals surface area contributed by atoms with Crippen LogP contribution < -0.4 is 17.0 Å². The first-order valence-electron chi connectivity index (χ1n) is 4.17. The first-order chi connectivity index (χ1) is 6.54. The summed E-state index contributed by atoms with van der Waals surface area (Å²) >= 11 is 1.63. The van der Waals surface area contributed by atoms with Crippen LogP contribution in [0.3, 0.4) is 0 Å². The summed E-state index contributed by atoms with van der Waals surface area (Å²) in [4.78, 5) is 24.4. The molecule has 0 aliphatic carbocycles. The van der Waals surface area contributed by atoms with Crippen LogP contribution in [-0.4, -0.2) is 21.1 Å². The Balaban J connectivity index is 3.09. The molecule has 1 rings (SSSR count).